The number of nitrogens with zero attached hydrogens (tertiary/aromatic N) is 4. The van der Waals surface area contributed by atoms with E-state index >= 15 is 0 Å². The molecular formula is C13H23N5O. The van der Waals surface area contributed by atoms with Gasteiger partial charge in [0.05, 0.1) is 0 Å². The first kappa shape index (κ1) is 14.0. The fraction of sp³-hybridized carbons (Fsp3) is 0.769. The second kappa shape index (κ2) is 6.14. The van der Waals surface area contributed by atoms with E-state index in [1.54, 1.807) is 4.90 Å². The Morgan fingerprint density at radius 3 is 3.00 bits per heavy atom. The average Bonchev–Trinajstić information content (AvgIpc) is 2.99. The Hall–Kier alpha value is -1.43. The summed E-state index contributed by atoms with van der Waals surface area (Å²) in [7, 11) is 3.94. The lowest BCUT2D eigenvalue weighted by atomic mass is 10.2. The summed E-state index contributed by atoms with van der Waals surface area (Å²) >= 11 is 0. The van der Waals surface area contributed by atoms with Gasteiger partial charge in [0.1, 0.15) is 5.82 Å². The fourth-order valence-corrected chi connectivity index (χ4v) is 2.52. The Kier molecular flexibility index (Phi) is 4.52. The van der Waals surface area contributed by atoms with Crippen molar-refractivity contribution in [2.24, 2.45) is 0 Å². The Morgan fingerprint density at radius 2 is 2.37 bits per heavy atom. The van der Waals surface area contributed by atoms with Crippen LogP contribution < -0.4 is 0 Å². The lowest BCUT2D eigenvalue weighted by Crippen LogP contribution is -2.39. The highest BCUT2D eigenvalue weighted by molar-refractivity contribution is 5.90. The third kappa shape index (κ3) is 3.32. The standard InChI is InChI=1S/C13H23N5O/c1-4-6-11-14-12(16-15-11)13(19)18(3)9-10-7-5-8-17(10)2/h10H,4-9H2,1-3H3,(H,14,15,16). The van der Waals surface area contributed by atoms with Crippen molar-refractivity contribution in [2.75, 3.05) is 27.2 Å². The summed E-state index contributed by atoms with van der Waals surface area (Å²) in [5.74, 6) is 0.975. The van der Waals surface area contributed by atoms with Crippen molar-refractivity contribution in [3.63, 3.8) is 0 Å². The van der Waals surface area contributed by atoms with Crippen LogP contribution in [-0.4, -0.2) is 64.1 Å². The maximum absolute atomic E-state index is 12.2. The molecule has 1 amide bonds. The van der Waals surface area contributed by atoms with Gasteiger partial charge in [0, 0.05) is 26.1 Å². The summed E-state index contributed by atoms with van der Waals surface area (Å²) in [4.78, 5) is 20.5. The highest BCUT2D eigenvalue weighted by atomic mass is 16.2. The van der Waals surface area contributed by atoms with Crippen LogP contribution in [0.2, 0.25) is 0 Å². The molecule has 1 unspecified atom stereocenters. The van der Waals surface area contributed by atoms with E-state index in [2.05, 4.69) is 34.1 Å². The maximum atomic E-state index is 12.2. The third-order valence-electron chi connectivity index (χ3n) is 3.71. The number of nitrogens with one attached hydrogen (secondary N) is 1. The fourth-order valence-electron chi connectivity index (χ4n) is 2.52. The molecule has 0 spiro atoms. The van der Waals surface area contributed by atoms with E-state index in [0.717, 1.165) is 38.2 Å². The van der Waals surface area contributed by atoms with Crippen LogP contribution >= 0.6 is 0 Å². The molecule has 1 fully saturated rings. The number of likely N-dealkylation sites (tertiary alicyclic amines) is 1. The number of amides is 1. The molecule has 1 aromatic rings. The maximum Gasteiger partial charge on any atom is 0.293 e. The number of hydrogen-bond acceptors (Lipinski definition) is 4. The summed E-state index contributed by atoms with van der Waals surface area (Å²) in [6, 6.07) is 0.461. The minimum Gasteiger partial charge on any atom is -0.337 e. The normalized spacial score (nSPS) is 19.8. The number of aromatic nitrogens is 3. The molecule has 2 rings (SSSR count). The largest absolute Gasteiger partial charge is 0.337 e. The van der Waals surface area contributed by atoms with Crippen molar-refractivity contribution in [1.82, 2.24) is 25.0 Å². The number of carbonyl (C=O) groups is 1. The molecule has 106 valence electrons. The number of aromatic amines is 1. The van der Waals surface area contributed by atoms with Gasteiger partial charge in [0.25, 0.3) is 5.91 Å². The van der Waals surface area contributed by atoms with Crippen molar-refractivity contribution in [3.8, 4) is 0 Å². The van der Waals surface area contributed by atoms with Crippen molar-refractivity contribution in [3.05, 3.63) is 11.6 Å². The lowest BCUT2D eigenvalue weighted by molar-refractivity contribution is 0.0750. The number of likely N-dealkylation sites (N-methyl/N-ethyl adjacent to an activating group) is 2. The van der Waals surface area contributed by atoms with Gasteiger partial charge in [0.15, 0.2) is 0 Å². The molecule has 1 atom stereocenters. The van der Waals surface area contributed by atoms with Gasteiger partial charge in [-0.15, -0.1) is 5.10 Å². The summed E-state index contributed by atoms with van der Waals surface area (Å²) in [5, 5.41) is 6.83. The summed E-state index contributed by atoms with van der Waals surface area (Å²) < 4.78 is 0. The van der Waals surface area contributed by atoms with Crippen molar-refractivity contribution < 1.29 is 4.79 Å². The number of aryl methyl sites for hydroxylation is 1. The molecule has 19 heavy (non-hydrogen) atoms. The van der Waals surface area contributed by atoms with E-state index in [0.29, 0.717) is 6.04 Å². The molecule has 6 nitrogen and oxygen atoms in total. The minimum absolute atomic E-state index is 0.0982. The Labute approximate surface area is 114 Å². The Morgan fingerprint density at radius 1 is 1.58 bits per heavy atom. The quantitative estimate of drug-likeness (QED) is 0.860. The van der Waals surface area contributed by atoms with Gasteiger partial charge >= 0.3 is 0 Å². The third-order valence-corrected chi connectivity index (χ3v) is 3.71. The number of carbonyl (C=O) groups excluding carboxylic acids is 1. The molecule has 1 N–H and O–H groups in total. The van der Waals surface area contributed by atoms with Gasteiger partial charge < -0.3 is 9.80 Å². The van der Waals surface area contributed by atoms with Gasteiger partial charge in [-0.3, -0.25) is 9.89 Å². The molecule has 1 saturated heterocycles. The van der Waals surface area contributed by atoms with Crippen LogP contribution in [0, 0.1) is 0 Å². The van der Waals surface area contributed by atoms with Crippen LogP contribution in [0.5, 0.6) is 0 Å². The first-order chi connectivity index (χ1) is 9.11. The molecule has 0 aliphatic carbocycles. The van der Waals surface area contributed by atoms with Crippen LogP contribution in [0.25, 0.3) is 0 Å². The number of rotatable bonds is 5. The van der Waals surface area contributed by atoms with Crippen LogP contribution in [0.4, 0.5) is 0 Å². The molecule has 0 saturated carbocycles. The Bertz CT molecular complexity index is 430. The van der Waals surface area contributed by atoms with Crippen molar-refractivity contribution in [1.29, 1.82) is 0 Å². The van der Waals surface area contributed by atoms with Gasteiger partial charge in [-0.1, -0.05) is 6.92 Å². The molecule has 2 heterocycles. The van der Waals surface area contributed by atoms with E-state index < -0.39 is 0 Å². The van der Waals surface area contributed by atoms with Crippen LogP contribution in [-0.2, 0) is 6.42 Å². The zero-order chi connectivity index (χ0) is 13.8. The second-order valence-corrected chi connectivity index (χ2v) is 5.32. The van der Waals surface area contributed by atoms with Gasteiger partial charge in [-0.05, 0) is 32.9 Å². The molecule has 0 radical (unpaired) electrons. The first-order valence-corrected chi connectivity index (χ1v) is 6.98. The number of H-pyrrole nitrogens is 1. The predicted molar refractivity (Wildman–Crippen MR) is 73.0 cm³/mol. The van der Waals surface area contributed by atoms with Gasteiger partial charge in [0.2, 0.25) is 5.82 Å². The highest BCUT2D eigenvalue weighted by Gasteiger charge is 2.25. The van der Waals surface area contributed by atoms with E-state index in [9.17, 15) is 4.79 Å². The van der Waals surface area contributed by atoms with E-state index in [1.807, 2.05) is 7.05 Å². The monoisotopic (exact) mass is 265 g/mol. The highest BCUT2D eigenvalue weighted by Crippen LogP contribution is 2.15. The molecule has 1 aromatic heterocycles. The van der Waals surface area contributed by atoms with Crippen LogP contribution in [0.15, 0.2) is 0 Å². The topological polar surface area (TPSA) is 65.1 Å². The Balaban J connectivity index is 1.93. The minimum atomic E-state index is -0.0982. The zero-order valence-corrected chi connectivity index (χ0v) is 12.0. The molecule has 6 heteroatoms. The van der Waals surface area contributed by atoms with E-state index in [4.69, 9.17) is 0 Å². The smallest absolute Gasteiger partial charge is 0.293 e. The first-order valence-electron chi connectivity index (χ1n) is 6.98. The molecule has 1 aliphatic heterocycles. The molecule has 1 aliphatic rings. The molecular weight excluding hydrogens is 242 g/mol. The summed E-state index contributed by atoms with van der Waals surface area (Å²) in [5.41, 5.74) is 0. The van der Waals surface area contributed by atoms with Gasteiger partial charge in [-0.2, -0.15) is 0 Å². The van der Waals surface area contributed by atoms with E-state index in [1.165, 1.54) is 6.42 Å². The lowest BCUT2D eigenvalue weighted by Gasteiger charge is -2.25. The van der Waals surface area contributed by atoms with E-state index in [-0.39, 0.29) is 11.7 Å². The summed E-state index contributed by atoms with van der Waals surface area (Å²) in [6.07, 6.45) is 4.19. The summed E-state index contributed by atoms with van der Waals surface area (Å²) in [6.45, 7) is 3.94. The SMILES string of the molecule is CCCc1nc(C(=O)N(C)CC2CCCN2C)n[nH]1. The van der Waals surface area contributed by atoms with Crippen molar-refractivity contribution in [2.45, 2.75) is 38.6 Å². The molecule has 0 aromatic carbocycles. The van der Waals surface area contributed by atoms with Crippen molar-refractivity contribution >= 4 is 5.91 Å². The molecule has 0 bridgehead atoms. The van der Waals surface area contributed by atoms with Crippen LogP contribution in [0.1, 0.15) is 42.6 Å². The second-order valence-electron chi connectivity index (χ2n) is 5.32. The zero-order valence-electron chi connectivity index (χ0n) is 12.0. The van der Waals surface area contributed by atoms with Gasteiger partial charge in [-0.25, -0.2) is 4.98 Å². The van der Waals surface area contributed by atoms with Crippen LogP contribution in [0.3, 0.4) is 0 Å². The average molecular weight is 265 g/mol. The number of hydrogen-bond donors (Lipinski definition) is 1. The predicted octanol–water partition coefficient (Wildman–Crippen LogP) is 0.923.